The number of nitrogens with two attached hydrogens (primary N) is 1. The standard InChI is InChI=1S/C14H18ClF3N2O/c15-11-3-1-2-10(8-11)12(9-19)20-6-4-13(21,5-7-20)14(16,17)18/h1-3,8,12,21H,4-7,9,19H2/t12-/m0/s1. The van der Waals surface area contributed by atoms with Crippen molar-refractivity contribution in [2.24, 2.45) is 5.73 Å². The molecule has 0 saturated carbocycles. The lowest BCUT2D eigenvalue weighted by Crippen LogP contribution is -2.54. The molecule has 7 heteroatoms. The van der Waals surface area contributed by atoms with Crippen LogP contribution in [0.15, 0.2) is 24.3 Å². The zero-order valence-electron chi connectivity index (χ0n) is 11.4. The number of alkyl halides is 3. The molecule has 118 valence electrons. The summed E-state index contributed by atoms with van der Waals surface area (Å²) in [6, 6.07) is 6.95. The van der Waals surface area contributed by atoms with Gasteiger partial charge >= 0.3 is 6.18 Å². The fourth-order valence-electron chi connectivity index (χ4n) is 2.70. The Morgan fingerprint density at radius 3 is 2.43 bits per heavy atom. The van der Waals surface area contributed by atoms with E-state index in [-0.39, 0.29) is 38.5 Å². The van der Waals surface area contributed by atoms with Crippen molar-refractivity contribution in [3.05, 3.63) is 34.9 Å². The van der Waals surface area contributed by atoms with Crippen LogP contribution in [0.4, 0.5) is 13.2 Å². The summed E-state index contributed by atoms with van der Waals surface area (Å²) in [5.74, 6) is 0. The predicted octanol–water partition coefficient (Wildman–Crippen LogP) is 2.73. The Balaban J connectivity index is 2.10. The van der Waals surface area contributed by atoms with Crippen LogP contribution >= 0.6 is 11.6 Å². The number of hydrogen-bond acceptors (Lipinski definition) is 3. The molecule has 3 N–H and O–H groups in total. The Labute approximate surface area is 126 Å². The molecule has 1 aromatic rings. The number of aliphatic hydroxyl groups is 1. The van der Waals surface area contributed by atoms with Crippen molar-refractivity contribution in [2.75, 3.05) is 19.6 Å². The zero-order chi connectivity index (χ0) is 15.7. The van der Waals surface area contributed by atoms with E-state index in [1.165, 1.54) is 0 Å². The molecule has 1 aliphatic heterocycles. The highest BCUT2D eigenvalue weighted by molar-refractivity contribution is 6.30. The van der Waals surface area contributed by atoms with Gasteiger partial charge in [0, 0.05) is 30.7 Å². The van der Waals surface area contributed by atoms with Gasteiger partial charge in [-0.2, -0.15) is 13.2 Å². The molecule has 3 nitrogen and oxygen atoms in total. The minimum absolute atomic E-state index is 0.143. The first-order chi connectivity index (χ1) is 9.77. The second-order valence-corrected chi connectivity index (χ2v) is 5.81. The number of halogens is 4. The van der Waals surface area contributed by atoms with Crippen LogP contribution in [0.5, 0.6) is 0 Å². The maximum atomic E-state index is 12.8. The maximum absolute atomic E-state index is 12.8. The van der Waals surface area contributed by atoms with Crippen LogP contribution in [-0.4, -0.2) is 41.4 Å². The van der Waals surface area contributed by atoms with E-state index in [0.29, 0.717) is 5.02 Å². The van der Waals surface area contributed by atoms with E-state index < -0.39 is 11.8 Å². The van der Waals surface area contributed by atoms with E-state index in [9.17, 15) is 18.3 Å². The molecule has 2 rings (SSSR count). The van der Waals surface area contributed by atoms with E-state index in [2.05, 4.69) is 0 Å². The molecular weight excluding hydrogens is 305 g/mol. The van der Waals surface area contributed by atoms with Gasteiger partial charge in [-0.1, -0.05) is 23.7 Å². The number of hydrogen-bond donors (Lipinski definition) is 2. The lowest BCUT2D eigenvalue weighted by molar-refractivity contribution is -0.273. The Morgan fingerprint density at radius 2 is 1.95 bits per heavy atom. The van der Waals surface area contributed by atoms with Crippen LogP contribution in [0.25, 0.3) is 0 Å². The molecule has 1 atom stereocenters. The van der Waals surface area contributed by atoms with Gasteiger partial charge in [0.05, 0.1) is 0 Å². The van der Waals surface area contributed by atoms with Gasteiger partial charge in [-0.3, -0.25) is 4.90 Å². The molecule has 1 saturated heterocycles. The molecule has 0 spiro atoms. The van der Waals surface area contributed by atoms with E-state index in [4.69, 9.17) is 17.3 Å². The molecule has 21 heavy (non-hydrogen) atoms. The smallest absolute Gasteiger partial charge is 0.380 e. The minimum Gasteiger partial charge on any atom is -0.380 e. The predicted molar refractivity (Wildman–Crippen MR) is 75.1 cm³/mol. The Hall–Kier alpha value is -0.820. The van der Waals surface area contributed by atoms with Crippen molar-refractivity contribution < 1.29 is 18.3 Å². The highest BCUT2D eigenvalue weighted by Crippen LogP contribution is 2.40. The van der Waals surface area contributed by atoms with Crippen molar-refractivity contribution in [1.29, 1.82) is 0 Å². The minimum atomic E-state index is -4.59. The second-order valence-electron chi connectivity index (χ2n) is 5.37. The molecule has 0 unspecified atom stereocenters. The molecule has 1 fully saturated rings. The van der Waals surface area contributed by atoms with Crippen LogP contribution in [0, 0.1) is 0 Å². The Kier molecular flexibility index (Phi) is 4.82. The van der Waals surface area contributed by atoms with Crippen LogP contribution in [-0.2, 0) is 0 Å². The molecule has 0 amide bonds. The third-order valence-corrected chi connectivity index (χ3v) is 4.29. The summed E-state index contributed by atoms with van der Waals surface area (Å²) in [4.78, 5) is 1.87. The van der Waals surface area contributed by atoms with E-state index in [1.807, 2.05) is 11.0 Å². The number of likely N-dealkylation sites (tertiary alicyclic amines) is 1. The van der Waals surface area contributed by atoms with Gasteiger partial charge in [-0.25, -0.2) is 0 Å². The summed E-state index contributed by atoms with van der Waals surface area (Å²) in [7, 11) is 0. The van der Waals surface area contributed by atoms with Gasteiger partial charge in [-0.15, -0.1) is 0 Å². The van der Waals surface area contributed by atoms with E-state index in [0.717, 1.165) is 5.56 Å². The summed E-state index contributed by atoms with van der Waals surface area (Å²) in [6.07, 6.45) is -5.27. The van der Waals surface area contributed by atoms with Crippen LogP contribution in [0.2, 0.25) is 5.02 Å². The molecule has 0 bridgehead atoms. The highest BCUT2D eigenvalue weighted by Gasteiger charge is 2.54. The van der Waals surface area contributed by atoms with E-state index >= 15 is 0 Å². The first-order valence-corrected chi connectivity index (χ1v) is 7.13. The third-order valence-electron chi connectivity index (χ3n) is 4.05. The quantitative estimate of drug-likeness (QED) is 0.899. The lowest BCUT2D eigenvalue weighted by atomic mass is 9.89. The number of benzene rings is 1. The SMILES string of the molecule is NC[C@@H](c1cccc(Cl)c1)N1CCC(O)(C(F)(F)F)CC1. The van der Waals surface area contributed by atoms with E-state index in [1.54, 1.807) is 18.2 Å². The van der Waals surface area contributed by atoms with Gasteiger partial charge in [0.15, 0.2) is 5.60 Å². The first-order valence-electron chi connectivity index (χ1n) is 6.75. The van der Waals surface area contributed by atoms with Crippen LogP contribution < -0.4 is 5.73 Å². The van der Waals surface area contributed by atoms with Gasteiger partial charge in [0.2, 0.25) is 0 Å². The molecule has 0 aromatic heterocycles. The van der Waals surface area contributed by atoms with Gasteiger partial charge in [0.1, 0.15) is 0 Å². The average molecular weight is 323 g/mol. The maximum Gasteiger partial charge on any atom is 0.417 e. The van der Waals surface area contributed by atoms with Crippen molar-refractivity contribution in [3.63, 3.8) is 0 Å². The van der Waals surface area contributed by atoms with Crippen molar-refractivity contribution in [1.82, 2.24) is 4.90 Å². The summed E-state index contributed by atoms with van der Waals surface area (Å²) in [5.41, 5.74) is 4.06. The molecule has 0 radical (unpaired) electrons. The Bertz CT molecular complexity index is 487. The summed E-state index contributed by atoms with van der Waals surface area (Å²) in [6.45, 7) is 0.569. The summed E-state index contributed by atoms with van der Waals surface area (Å²) < 4.78 is 38.4. The van der Waals surface area contributed by atoms with Crippen LogP contribution in [0.1, 0.15) is 24.4 Å². The topological polar surface area (TPSA) is 49.5 Å². The largest absolute Gasteiger partial charge is 0.417 e. The lowest BCUT2D eigenvalue weighted by Gasteiger charge is -2.42. The molecule has 0 aliphatic carbocycles. The summed E-state index contributed by atoms with van der Waals surface area (Å²) >= 11 is 5.94. The fourth-order valence-corrected chi connectivity index (χ4v) is 2.90. The average Bonchev–Trinajstić information content (AvgIpc) is 2.41. The molecule has 1 aromatic carbocycles. The number of rotatable bonds is 3. The molecule has 1 heterocycles. The monoisotopic (exact) mass is 322 g/mol. The van der Waals surface area contributed by atoms with Gasteiger partial charge in [-0.05, 0) is 30.5 Å². The summed E-state index contributed by atoms with van der Waals surface area (Å²) in [5, 5.41) is 10.3. The zero-order valence-corrected chi connectivity index (χ0v) is 12.2. The molecular formula is C14H18ClF3N2O. The fraction of sp³-hybridized carbons (Fsp3) is 0.571. The number of piperidine rings is 1. The third kappa shape index (κ3) is 3.51. The molecule has 1 aliphatic rings. The normalized spacial score (nSPS) is 21.2. The van der Waals surface area contributed by atoms with Gasteiger partial charge in [0.25, 0.3) is 0 Å². The van der Waals surface area contributed by atoms with Crippen molar-refractivity contribution >= 4 is 11.6 Å². The van der Waals surface area contributed by atoms with Crippen LogP contribution in [0.3, 0.4) is 0 Å². The highest BCUT2D eigenvalue weighted by atomic mass is 35.5. The van der Waals surface area contributed by atoms with Gasteiger partial charge < -0.3 is 10.8 Å². The second kappa shape index (κ2) is 6.12. The number of nitrogens with zero attached hydrogens (tertiary/aromatic N) is 1. The Morgan fingerprint density at radius 1 is 1.33 bits per heavy atom. The van der Waals surface area contributed by atoms with Crippen molar-refractivity contribution in [2.45, 2.75) is 30.7 Å². The van der Waals surface area contributed by atoms with Crippen molar-refractivity contribution in [3.8, 4) is 0 Å². The first kappa shape index (κ1) is 16.5.